The summed E-state index contributed by atoms with van der Waals surface area (Å²) < 4.78 is 25.6. The summed E-state index contributed by atoms with van der Waals surface area (Å²) in [4.78, 5) is 2.75. The van der Waals surface area contributed by atoms with Gasteiger partial charge in [0.25, 0.3) is 10.0 Å². The highest BCUT2D eigenvalue weighted by Crippen LogP contribution is 2.68. The van der Waals surface area contributed by atoms with Crippen molar-refractivity contribution in [1.82, 2.24) is 4.83 Å². The molecular formula is C34H54N2O3S. The number of nitrogens with one attached hydrogen (secondary N) is 1. The average molecular weight is 571 g/mol. The lowest BCUT2D eigenvalue weighted by Crippen LogP contribution is -2.58. The molecular weight excluding hydrogens is 516 g/mol. The van der Waals surface area contributed by atoms with Gasteiger partial charge in [-0.25, -0.2) is 4.83 Å². The van der Waals surface area contributed by atoms with Gasteiger partial charge in [0.05, 0.1) is 11.0 Å². The van der Waals surface area contributed by atoms with Crippen LogP contribution in [0, 0.1) is 59.2 Å². The number of sulfonamides is 1. The maximum atomic E-state index is 12.8. The molecule has 5 nitrogen and oxygen atoms in total. The lowest BCUT2D eigenvalue weighted by atomic mass is 9.43. The molecule has 5 rings (SSSR count). The topological polar surface area (TPSA) is 78.8 Å². The SMILES string of the molecule is Cc1ccc(S(=O)(=O)N/N=C2\CC[C@@]3(C)C(C2)C[C@@H](O)C2C3CC[C@]3(C)[C@@H]([C@H](C)CCCC(C)C)CC[C@@H]23)cc1. The molecule has 4 fully saturated rings. The van der Waals surface area contributed by atoms with E-state index < -0.39 is 10.0 Å². The van der Waals surface area contributed by atoms with Crippen molar-refractivity contribution < 1.29 is 13.5 Å². The highest BCUT2D eigenvalue weighted by atomic mass is 32.2. The van der Waals surface area contributed by atoms with Crippen LogP contribution in [0.2, 0.25) is 0 Å². The summed E-state index contributed by atoms with van der Waals surface area (Å²) in [5.74, 6) is 4.30. The first-order chi connectivity index (χ1) is 18.8. The summed E-state index contributed by atoms with van der Waals surface area (Å²) in [6.07, 6.45) is 12.4. The second kappa shape index (κ2) is 11.4. The molecule has 0 amide bonds. The molecule has 1 aromatic rings. The van der Waals surface area contributed by atoms with E-state index in [9.17, 15) is 13.5 Å². The first-order valence-corrected chi connectivity index (χ1v) is 17.7. The van der Waals surface area contributed by atoms with Crippen LogP contribution in [0.3, 0.4) is 0 Å². The Hall–Kier alpha value is -1.40. The molecule has 0 aliphatic heterocycles. The number of aliphatic hydroxyl groups is 1. The molecule has 0 spiro atoms. The third-order valence-corrected chi connectivity index (χ3v) is 13.6. The van der Waals surface area contributed by atoms with E-state index in [1.165, 1.54) is 44.9 Å². The molecule has 4 aliphatic carbocycles. The Kier molecular flexibility index (Phi) is 8.54. The Morgan fingerprint density at radius 3 is 2.40 bits per heavy atom. The van der Waals surface area contributed by atoms with Crippen molar-refractivity contribution in [1.29, 1.82) is 0 Å². The second-order valence-corrected chi connectivity index (χ2v) is 16.8. The van der Waals surface area contributed by atoms with Crippen LogP contribution >= 0.6 is 0 Å². The van der Waals surface area contributed by atoms with Crippen molar-refractivity contribution in [3.63, 3.8) is 0 Å². The first kappa shape index (κ1) is 30.1. The molecule has 0 aromatic heterocycles. The Morgan fingerprint density at radius 2 is 1.70 bits per heavy atom. The Bertz CT molecular complexity index is 1180. The van der Waals surface area contributed by atoms with Gasteiger partial charge >= 0.3 is 0 Å². The molecule has 6 heteroatoms. The minimum Gasteiger partial charge on any atom is -0.393 e. The molecule has 0 radical (unpaired) electrons. The Balaban J connectivity index is 1.27. The van der Waals surface area contributed by atoms with E-state index in [0.717, 1.165) is 54.7 Å². The van der Waals surface area contributed by atoms with Gasteiger partial charge in [0, 0.05) is 5.71 Å². The zero-order valence-electron chi connectivity index (χ0n) is 25.8. The maximum absolute atomic E-state index is 12.8. The molecule has 1 aromatic carbocycles. The monoisotopic (exact) mass is 570 g/mol. The van der Waals surface area contributed by atoms with E-state index in [1.54, 1.807) is 12.1 Å². The normalized spacial score (nSPS) is 39.5. The van der Waals surface area contributed by atoms with Crippen LogP contribution in [0.1, 0.15) is 111 Å². The lowest BCUT2D eigenvalue weighted by Gasteiger charge is -2.62. The molecule has 40 heavy (non-hydrogen) atoms. The minimum absolute atomic E-state index is 0.195. The van der Waals surface area contributed by atoms with E-state index in [1.807, 2.05) is 19.1 Å². The number of aliphatic hydroxyl groups excluding tert-OH is 1. The molecule has 9 atom stereocenters. The first-order valence-electron chi connectivity index (χ1n) is 16.2. The average Bonchev–Trinajstić information content (AvgIpc) is 3.25. The van der Waals surface area contributed by atoms with Gasteiger partial charge in [-0.2, -0.15) is 13.5 Å². The molecule has 224 valence electrons. The summed E-state index contributed by atoms with van der Waals surface area (Å²) in [5.41, 5.74) is 2.51. The summed E-state index contributed by atoms with van der Waals surface area (Å²) in [6, 6.07) is 6.88. The number of rotatable bonds is 8. The Labute approximate surface area is 244 Å². The van der Waals surface area contributed by atoms with Crippen LogP contribution < -0.4 is 4.83 Å². The van der Waals surface area contributed by atoms with Crippen LogP contribution in [0.15, 0.2) is 34.3 Å². The van der Waals surface area contributed by atoms with Crippen molar-refractivity contribution in [3.8, 4) is 0 Å². The van der Waals surface area contributed by atoms with Gasteiger partial charge in [-0.15, -0.1) is 0 Å². The van der Waals surface area contributed by atoms with Crippen LogP contribution in [0.25, 0.3) is 0 Å². The Morgan fingerprint density at radius 1 is 1.00 bits per heavy atom. The van der Waals surface area contributed by atoms with Crippen LogP contribution in [0.5, 0.6) is 0 Å². The fraction of sp³-hybridized carbons (Fsp3) is 0.794. The van der Waals surface area contributed by atoms with E-state index in [-0.39, 0.29) is 16.4 Å². The number of nitrogens with zero attached hydrogens (tertiary/aromatic N) is 1. The van der Waals surface area contributed by atoms with Gasteiger partial charge in [0.15, 0.2) is 0 Å². The fourth-order valence-electron chi connectivity index (χ4n) is 10.0. The van der Waals surface area contributed by atoms with Crippen LogP contribution in [-0.4, -0.2) is 25.3 Å². The minimum atomic E-state index is -3.68. The maximum Gasteiger partial charge on any atom is 0.276 e. The van der Waals surface area contributed by atoms with E-state index in [2.05, 4.69) is 44.6 Å². The van der Waals surface area contributed by atoms with Crippen molar-refractivity contribution in [2.45, 2.75) is 123 Å². The van der Waals surface area contributed by atoms with Crippen molar-refractivity contribution in [2.75, 3.05) is 0 Å². The number of benzene rings is 1. The number of fused-ring (bicyclic) bond motifs is 5. The summed E-state index contributed by atoms with van der Waals surface area (Å²) in [6.45, 7) is 14.2. The van der Waals surface area contributed by atoms with Crippen molar-refractivity contribution in [3.05, 3.63) is 29.8 Å². The molecule has 4 saturated carbocycles. The quantitative estimate of drug-likeness (QED) is 0.314. The lowest BCUT2D eigenvalue weighted by molar-refractivity contribution is -0.157. The summed E-state index contributed by atoms with van der Waals surface area (Å²) in [5, 5.41) is 16.1. The van der Waals surface area contributed by atoms with Gasteiger partial charge < -0.3 is 5.11 Å². The molecule has 4 aliphatic rings. The summed E-state index contributed by atoms with van der Waals surface area (Å²) >= 11 is 0. The van der Waals surface area contributed by atoms with Gasteiger partial charge in [-0.05, 0) is 123 Å². The smallest absolute Gasteiger partial charge is 0.276 e. The van der Waals surface area contributed by atoms with E-state index in [4.69, 9.17) is 0 Å². The van der Waals surface area contributed by atoms with Crippen molar-refractivity contribution >= 4 is 15.7 Å². The highest BCUT2D eigenvalue weighted by molar-refractivity contribution is 7.89. The highest BCUT2D eigenvalue weighted by Gasteiger charge is 2.62. The molecule has 2 N–H and O–H groups in total. The number of hydrazone groups is 1. The predicted octanol–water partition coefficient (Wildman–Crippen LogP) is 7.72. The zero-order valence-corrected chi connectivity index (χ0v) is 26.6. The number of aryl methyl sites for hydroxylation is 1. The summed E-state index contributed by atoms with van der Waals surface area (Å²) in [7, 11) is -3.68. The molecule has 0 heterocycles. The molecule has 0 bridgehead atoms. The third-order valence-electron chi connectivity index (χ3n) is 12.4. The number of hydrogen-bond acceptors (Lipinski definition) is 4. The molecule has 0 saturated heterocycles. The van der Waals surface area contributed by atoms with Gasteiger partial charge in [-0.1, -0.05) is 71.6 Å². The standard InChI is InChI=1S/C34H54N2O3S/c1-22(2)8-7-9-24(4)28-14-15-29-32-30(17-19-34(28,29)6)33(5)18-16-26(20-25(33)21-31(32)37)35-36-40(38,39)27-12-10-23(3)11-13-27/h10-13,22,24-25,28-32,36-37H,7-9,14-21H2,1-6H3/b35-26+/t24-,25?,28-,29+,30?,31-,32?,33+,34-/m1/s1. The van der Waals surface area contributed by atoms with Crippen molar-refractivity contribution in [2.24, 2.45) is 57.4 Å². The fourth-order valence-corrected chi connectivity index (χ4v) is 10.9. The van der Waals surface area contributed by atoms with Gasteiger partial charge in [0.1, 0.15) is 0 Å². The van der Waals surface area contributed by atoms with E-state index in [0.29, 0.717) is 29.1 Å². The van der Waals surface area contributed by atoms with E-state index >= 15 is 0 Å². The van der Waals surface area contributed by atoms with Crippen LogP contribution in [-0.2, 0) is 10.0 Å². The third kappa shape index (κ3) is 5.53. The van der Waals surface area contributed by atoms with Gasteiger partial charge in [0.2, 0.25) is 0 Å². The van der Waals surface area contributed by atoms with Crippen LogP contribution in [0.4, 0.5) is 0 Å². The van der Waals surface area contributed by atoms with Gasteiger partial charge in [-0.3, -0.25) is 0 Å². The second-order valence-electron chi connectivity index (χ2n) is 15.1. The number of hydrogen-bond donors (Lipinski definition) is 2. The molecule has 3 unspecified atom stereocenters. The predicted molar refractivity (Wildman–Crippen MR) is 163 cm³/mol. The zero-order chi connectivity index (χ0) is 28.9. The largest absolute Gasteiger partial charge is 0.393 e.